The Kier molecular flexibility index (Phi) is 5.57. The van der Waals surface area contributed by atoms with Gasteiger partial charge in [0.2, 0.25) is 5.43 Å². The number of benzene rings is 2. The van der Waals surface area contributed by atoms with Crippen molar-refractivity contribution in [3.8, 4) is 0 Å². The number of para-hydroxylation sites is 1. The Labute approximate surface area is 160 Å². The zero-order chi connectivity index (χ0) is 19.4. The van der Waals surface area contributed by atoms with E-state index in [9.17, 15) is 14.4 Å². The molecule has 1 amide bonds. The van der Waals surface area contributed by atoms with Crippen LogP contribution in [0.25, 0.3) is 10.9 Å². The van der Waals surface area contributed by atoms with Gasteiger partial charge in [0.25, 0.3) is 5.91 Å². The van der Waals surface area contributed by atoms with Crippen molar-refractivity contribution in [2.24, 2.45) is 0 Å². The number of hydrogen-bond acceptors (Lipinski definition) is 4. The molecule has 1 N–H and O–H groups in total. The maximum absolute atomic E-state index is 12.7. The van der Waals surface area contributed by atoms with E-state index in [1.54, 1.807) is 18.2 Å². The standard InChI is InChI=1S/C20H17ClN2O4/c1-27-18(24)10-22-20(26)16-12-23(11-13-5-4-6-14(21)9-13)17-8-3-2-7-15(17)19(16)25/h2-9,12H,10-11H2,1H3,(H,22,26). The largest absolute Gasteiger partial charge is 0.468 e. The summed E-state index contributed by atoms with van der Waals surface area (Å²) in [5.41, 5.74) is 1.19. The average Bonchev–Trinajstić information content (AvgIpc) is 2.68. The third-order valence-corrected chi connectivity index (χ3v) is 4.33. The summed E-state index contributed by atoms with van der Waals surface area (Å²) in [5, 5.41) is 3.43. The number of hydrogen-bond donors (Lipinski definition) is 1. The predicted octanol–water partition coefficient (Wildman–Crippen LogP) is 2.61. The summed E-state index contributed by atoms with van der Waals surface area (Å²) < 4.78 is 6.32. The Morgan fingerprint density at radius 1 is 1.15 bits per heavy atom. The van der Waals surface area contributed by atoms with Gasteiger partial charge >= 0.3 is 5.97 Å². The molecule has 0 spiro atoms. The fraction of sp³-hybridized carbons (Fsp3) is 0.150. The van der Waals surface area contributed by atoms with E-state index in [0.717, 1.165) is 5.56 Å². The monoisotopic (exact) mass is 384 g/mol. The first-order chi connectivity index (χ1) is 13.0. The first kappa shape index (κ1) is 18.7. The van der Waals surface area contributed by atoms with E-state index < -0.39 is 17.3 Å². The summed E-state index contributed by atoms with van der Waals surface area (Å²) in [6, 6.07) is 14.4. The number of methoxy groups -OCH3 is 1. The molecule has 3 aromatic rings. The maximum atomic E-state index is 12.7. The van der Waals surface area contributed by atoms with Crippen LogP contribution in [-0.2, 0) is 16.1 Å². The quantitative estimate of drug-likeness (QED) is 0.686. The normalized spacial score (nSPS) is 10.6. The Morgan fingerprint density at radius 3 is 2.67 bits per heavy atom. The van der Waals surface area contributed by atoms with Gasteiger partial charge in [-0.2, -0.15) is 0 Å². The molecule has 0 saturated carbocycles. The van der Waals surface area contributed by atoms with Gasteiger partial charge in [-0.15, -0.1) is 0 Å². The van der Waals surface area contributed by atoms with E-state index >= 15 is 0 Å². The SMILES string of the molecule is COC(=O)CNC(=O)c1cn(Cc2cccc(Cl)c2)c2ccccc2c1=O. The molecular weight excluding hydrogens is 368 g/mol. The lowest BCUT2D eigenvalue weighted by Gasteiger charge is -2.14. The minimum Gasteiger partial charge on any atom is -0.468 e. The summed E-state index contributed by atoms with van der Waals surface area (Å²) in [5.74, 6) is -1.22. The van der Waals surface area contributed by atoms with Crippen LogP contribution in [0.1, 0.15) is 15.9 Å². The van der Waals surface area contributed by atoms with Crippen LogP contribution >= 0.6 is 11.6 Å². The number of carbonyl (C=O) groups is 2. The van der Waals surface area contributed by atoms with Gasteiger partial charge in [-0.25, -0.2) is 0 Å². The van der Waals surface area contributed by atoms with Crippen LogP contribution in [0.15, 0.2) is 59.5 Å². The minimum atomic E-state index is -0.629. The highest BCUT2D eigenvalue weighted by atomic mass is 35.5. The molecule has 0 saturated heterocycles. The van der Waals surface area contributed by atoms with Crippen LogP contribution in [0.3, 0.4) is 0 Å². The molecule has 0 aliphatic heterocycles. The summed E-state index contributed by atoms with van der Waals surface area (Å²) in [4.78, 5) is 36.4. The van der Waals surface area contributed by atoms with Gasteiger partial charge in [-0.1, -0.05) is 35.9 Å². The zero-order valence-corrected chi connectivity index (χ0v) is 15.3. The molecule has 0 unspecified atom stereocenters. The highest BCUT2D eigenvalue weighted by molar-refractivity contribution is 6.30. The summed E-state index contributed by atoms with van der Waals surface area (Å²) in [6.07, 6.45) is 1.50. The molecule has 6 nitrogen and oxygen atoms in total. The number of nitrogens with one attached hydrogen (secondary N) is 1. The third-order valence-electron chi connectivity index (χ3n) is 4.10. The van der Waals surface area contributed by atoms with E-state index in [2.05, 4.69) is 10.1 Å². The summed E-state index contributed by atoms with van der Waals surface area (Å²) in [6.45, 7) is 0.120. The molecule has 1 heterocycles. The van der Waals surface area contributed by atoms with Crippen LogP contribution in [0.4, 0.5) is 0 Å². The second-order valence-electron chi connectivity index (χ2n) is 5.91. The van der Waals surface area contributed by atoms with Crippen LogP contribution in [0, 0.1) is 0 Å². The van der Waals surface area contributed by atoms with E-state index in [4.69, 9.17) is 11.6 Å². The van der Waals surface area contributed by atoms with Crippen molar-refractivity contribution >= 4 is 34.4 Å². The molecule has 0 radical (unpaired) electrons. The molecule has 2 aromatic carbocycles. The third kappa shape index (κ3) is 4.17. The van der Waals surface area contributed by atoms with Gasteiger partial charge in [-0.3, -0.25) is 14.4 Å². The molecule has 0 atom stereocenters. The van der Waals surface area contributed by atoms with Crippen LogP contribution in [-0.4, -0.2) is 30.1 Å². The Balaban J connectivity index is 2.04. The van der Waals surface area contributed by atoms with Gasteiger partial charge in [0.1, 0.15) is 12.1 Å². The highest BCUT2D eigenvalue weighted by Crippen LogP contribution is 2.16. The van der Waals surface area contributed by atoms with Crippen LogP contribution in [0.5, 0.6) is 0 Å². The van der Waals surface area contributed by atoms with Gasteiger partial charge in [0.05, 0.1) is 12.6 Å². The van der Waals surface area contributed by atoms with Gasteiger partial charge < -0.3 is 14.6 Å². The number of fused-ring (bicyclic) bond motifs is 1. The second kappa shape index (κ2) is 8.05. The number of esters is 1. The van der Waals surface area contributed by atoms with Crippen molar-refractivity contribution in [3.05, 3.63) is 81.1 Å². The molecule has 138 valence electrons. The molecule has 0 aliphatic rings. The lowest BCUT2D eigenvalue weighted by Crippen LogP contribution is -2.34. The Morgan fingerprint density at radius 2 is 1.93 bits per heavy atom. The van der Waals surface area contributed by atoms with Crippen molar-refractivity contribution in [1.29, 1.82) is 0 Å². The lowest BCUT2D eigenvalue weighted by molar-refractivity contribution is -0.139. The maximum Gasteiger partial charge on any atom is 0.325 e. The smallest absolute Gasteiger partial charge is 0.325 e. The topological polar surface area (TPSA) is 77.4 Å². The number of pyridine rings is 1. The van der Waals surface area contributed by atoms with Crippen molar-refractivity contribution in [2.45, 2.75) is 6.54 Å². The number of ether oxygens (including phenoxy) is 1. The van der Waals surface area contributed by atoms with Crippen molar-refractivity contribution < 1.29 is 14.3 Å². The van der Waals surface area contributed by atoms with Crippen molar-refractivity contribution in [3.63, 3.8) is 0 Å². The number of amides is 1. The van der Waals surface area contributed by atoms with E-state index in [1.165, 1.54) is 13.3 Å². The van der Waals surface area contributed by atoms with Crippen molar-refractivity contribution in [1.82, 2.24) is 9.88 Å². The lowest BCUT2D eigenvalue weighted by atomic mass is 10.1. The zero-order valence-electron chi connectivity index (χ0n) is 14.6. The fourth-order valence-electron chi connectivity index (χ4n) is 2.79. The molecule has 0 bridgehead atoms. The number of rotatable bonds is 5. The number of aromatic nitrogens is 1. The molecule has 27 heavy (non-hydrogen) atoms. The van der Waals surface area contributed by atoms with E-state index in [0.29, 0.717) is 22.5 Å². The van der Waals surface area contributed by atoms with Gasteiger partial charge in [-0.05, 0) is 29.8 Å². The number of nitrogens with zero attached hydrogens (tertiary/aromatic N) is 1. The first-order valence-corrected chi connectivity index (χ1v) is 8.59. The van der Waals surface area contributed by atoms with Crippen molar-refractivity contribution in [2.75, 3.05) is 13.7 Å². The molecule has 0 aliphatic carbocycles. The number of carbonyl (C=O) groups excluding carboxylic acids is 2. The van der Waals surface area contributed by atoms with E-state index in [1.807, 2.05) is 34.9 Å². The van der Waals surface area contributed by atoms with Crippen LogP contribution < -0.4 is 10.7 Å². The minimum absolute atomic E-state index is 0.0420. The second-order valence-corrected chi connectivity index (χ2v) is 6.34. The molecular formula is C20H17ClN2O4. The van der Waals surface area contributed by atoms with Crippen LogP contribution in [0.2, 0.25) is 5.02 Å². The fourth-order valence-corrected chi connectivity index (χ4v) is 3.00. The van der Waals surface area contributed by atoms with E-state index in [-0.39, 0.29) is 12.1 Å². The molecule has 3 rings (SSSR count). The molecule has 1 aromatic heterocycles. The predicted molar refractivity (Wildman–Crippen MR) is 103 cm³/mol. The summed E-state index contributed by atoms with van der Waals surface area (Å²) in [7, 11) is 1.22. The summed E-state index contributed by atoms with van der Waals surface area (Å²) >= 11 is 6.05. The van der Waals surface area contributed by atoms with Gasteiger partial charge in [0.15, 0.2) is 0 Å². The Hall–Kier alpha value is -3.12. The first-order valence-electron chi connectivity index (χ1n) is 8.21. The Bertz CT molecular complexity index is 1080. The number of halogens is 1. The van der Waals surface area contributed by atoms with Gasteiger partial charge in [0, 0.05) is 23.2 Å². The molecule has 7 heteroatoms. The average molecular weight is 385 g/mol. The molecule has 0 fully saturated rings. The highest BCUT2D eigenvalue weighted by Gasteiger charge is 2.16.